The molecule has 110 valence electrons. The molecule has 1 atom stereocenters. The number of carbonyl (C=O) groups is 2. The van der Waals surface area contributed by atoms with Crippen molar-refractivity contribution in [2.24, 2.45) is 5.92 Å². The van der Waals surface area contributed by atoms with E-state index < -0.39 is 5.97 Å². The van der Waals surface area contributed by atoms with Gasteiger partial charge in [0.1, 0.15) is 0 Å². The van der Waals surface area contributed by atoms with E-state index in [9.17, 15) is 9.59 Å². The SMILES string of the molecule is CCCCN(C(=O)N1CC(CC(=O)O)C1)C(C)CC. The Labute approximate surface area is 115 Å². The number of carbonyl (C=O) groups excluding carboxylic acids is 1. The van der Waals surface area contributed by atoms with E-state index in [0.29, 0.717) is 13.1 Å². The molecular weight excluding hydrogens is 244 g/mol. The van der Waals surface area contributed by atoms with E-state index in [2.05, 4.69) is 20.8 Å². The Morgan fingerprint density at radius 1 is 1.37 bits per heavy atom. The number of urea groups is 1. The van der Waals surface area contributed by atoms with Crippen molar-refractivity contribution in [3.05, 3.63) is 0 Å². The summed E-state index contributed by atoms with van der Waals surface area (Å²) in [6.07, 6.45) is 3.20. The monoisotopic (exact) mass is 270 g/mol. The molecule has 0 spiro atoms. The fourth-order valence-corrected chi connectivity index (χ4v) is 2.34. The molecule has 1 aliphatic rings. The second-order valence-corrected chi connectivity index (χ2v) is 5.46. The number of likely N-dealkylation sites (tertiary alicyclic amines) is 1. The number of amides is 2. The van der Waals surface area contributed by atoms with E-state index in [-0.39, 0.29) is 24.4 Å². The van der Waals surface area contributed by atoms with Crippen LogP contribution >= 0.6 is 0 Å². The van der Waals surface area contributed by atoms with Gasteiger partial charge in [-0.05, 0) is 19.8 Å². The minimum absolute atomic E-state index is 0.0736. The van der Waals surface area contributed by atoms with Crippen LogP contribution in [0, 0.1) is 5.92 Å². The van der Waals surface area contributed by atoms with E-state index in [0.717, 1.165) is 25.8 Å². The van der Waals surface area contributed by atoms with Crippen molar-refractivity contribution < 1.29 is 14.7 Å². The lowest BCUT2D eigenvalue weighted by atomic mass is 9.97. The molecular formula is C14H26N2O3. The maximum Gasteiger partial charge on any atom is 0.320 e. The minimum Gasteiger partial charge on any atom is -0.481 e. The third-order valence-electron chi connectivity index (χ3n) is 3.81. The maximum absolute atomic E-state index is 12.4. The minimum atomic E-state index is -0.776. The Hall–Kier alpha value is -1.26. The number of nitrogens with zero attached hydrogens (tertiary/aromatic N) is 2. The molecule has 5 heteroatoms. The normalized spacial score (nSPS) is 16.9. The first-order valence-electron chi connectivity index (χ1n) is 7.26. The molecule has 0 radical (unpaired) electrons. The summed E-state index contributed by atoms with van der Waals surface area (Å²) in [6.45, 7) is 8.24. The average Bonchev–Trinajstić information content (AvgIpc) is 2.32. The maximum atomic E-state index is 12.4. The Balaban J connectivity index is 2.47. The number of hydrogen-bond donors (Lipinski definition) is 1. The highest BCUT2D eigenvalue weighted by Crippen LogP contribution is 2.22. The zero-order valence-electron chi connectivity index (χ0n) is 12.3. The standard InChI is InChI=1S/C14H26N2O3/c1-4-6-7-16(11(3)5-2)14(19)15-9-12(10-15)8-13(17)18/h11-12H,4-10H2,1-3H3,(H,17,18). The van der Waals surface area contributed by atoms with E-state index in [1.165, 1.54) is 0 Å². The topological polar surface area (TPSA) is 60.9 Å². The lowest BCUT2D eigenvalue weighted by Gasteiger charge is -2.43. The van der Waals surface area contributed by atoms with E-state index in [1.54, 1.807) is 4.90 Å². The molecule has 1 unspecified atom stereocenters. The van der Waals surface area contributed by atoms with Gasteiger partial charge < -0.3 is 14.9 Å². The Morgan fingerprint density at radius 2 is 2.00 bits per heavy atom. The lowest BCUT2D eigenvalue weighted by Crippen LogP contribution is -2.57. The summed E-state index contributed by atoms with van der Waals surface area (Å²) in [5.41, 5.74) is 0. The first-order valence-corrected chi connectivity index (χ1v) is 7.26. The molecule has 0 aromatic carbocycles. The van der Waals surface area contributed by atoms with Gasteiger partial charge in [0.05, 0.1) is 6.42 Å². The Kier molecular flexibility index (Phi) is 6.12. The molecule has 19 heavy (non-hydrogen) atoms. The number of carboxylic acids is 1. The predicted octanol–water partition coefficient (Wildman–Crippen LogP) is 2.41. The fraction of sp³-hybridized carbons (Fsp3) is 0.857. The average molecular weight is 270 g/mol. The lowest BCUT2D eigenvalue weighted by molar-refractivity contribution is -0.139. The molecule has 1 N–H and O–H groups in total. The number of carboxylic acid groups (broad SMARTS) is 1. The predicted molar refractivity (Wildman–Crippen MR) is 74.1 cm³/mol. The number of aliphatic carboxylic acids is 1. The van der Waals surface area contributed by atoms with E-state index >= 15 is 0 Å². The summed E-state index contributed by atoms with van der Waals surface area (Å²) in [7, 11) is 0. The summed E-state index contributed by atoms with van der Waals surface area (Å²) < 4.78 is 0. The van der Waals surface area contributed by atoms with Crippen LogP contribution in [0.4, 0.5) is 4.79 Å². The molecule has 0 aromatic heterocycles. The van der Waals surface area contributed by atoms with Gasteiger partial charge in [-0.3, -0.25) is 4.79 Å². The first kappa shape index (κ1) is 15.8. The number of rotatable bonds is 7. The zero-order valence-corrected chi connectivity index (χ0v) is 12.3. The van der Waals surface area contributed by atoms with Gasteiger partial charge in [-0.1, -0.05) is 20.3 Å². The van der Waals surface area contributed by atoms with Crippen LogP contribution in [0.25, 0.3) is 0 Å². The van der Waals surface area contributed by atoms with Gasteiger partial charge in [0.15, 0.2) is 0 Å². The third kappa shape index (κ3) is 4.40. The molecule has 0 aromatic rings. The quantitative estimate of drug-likeness (QED) is 0.772. The Bertz CT molecular complexity index is 314. The largest absolute Gasteiger partial charge is 0.481 e. The van der Waals surface area contributed by atoms with Gasteiger partial charge >= 0.3 is 12.0 Å². The van der Waals surface area contributed by atoms with Crippen molar-refractivity contribution in [2.75, 3.05) is 19.6 Å². The molecule has 2 amide bonds. The van der Waals surface area contributed by atoms with Gasteiger partial charge in [-0.25, -0.2) is 4.79 Å². The zero-order chi connectivity index (χ0) is 14.4. The Morgan fingerprint density at radius 3 is 2.47 bits per heavy atom. The van der Waals surface area contributed by atoms with Crippen molar-refractivity contribution in [3.63, 3.8) is 0 Å². The van der Waals surface area contributed by atoms with E-state index in [1.807, 2.05) is 4.90 Å². The van der Waals surface area contributed by atoms with E-state index in [4.69, 9.17) is 5.11 Å². The van der Waals surface area contributed by atoms with Crippen LogP contribution in [-0.2, 0) is 4.79 Å². The van der Waals surface area contributed by atoms with Crippen LogP contribution in [0.1, 0.15) is 46.5 Å². The van der Waals surface area contributed by atoms with Crippen LogP contribution in [0.5, 0.6) is 0 Å². The number of hydrogen-bond acceptors (Lipinski definition) is 2. The summed E-state index contributed by atoms with van der Waals surface area (Å²) in [5.74, 6) is -0.645. The van der Waals surface area contributed by atoms with Crippen LogP contribution in [-0.4, -0.2) is 52.6 Å². The van der Waals surface area contributed by atoms with Gasteiger partial charge in [-0.2, -0.15) is 0 Å². The van der Waals surface area contributed by atoms with Gasteiger partial charge in [0, 0.05) is 31.6 Å². The summed E-state index contributed by atoms with van der Waals surface area (Å²) >= 11 is 0. The highest BCUT2D eigenvalue weighted by Gasteiger charge is 2.35. The third-order valence-corrected chi connectivity index (χ3v) is 3.81. The van der Waals surface area contributed by atoms with Crippen molar-refractivity contribution >= 4 is 12.0 Å². The van der Waals surface area contributed by atoms with Gasteiger partial charge in [0.2, 0.25) is 0 Å². The second kappa shape index (κ2) is 7.36. The van der Waals surface area contributed by atoms with Crippen molar-refractivity contribution in [3.8, 4) is 0 Å². The van der Waals surface area contributed by atoms with Gasteiger partial charge in [0.25, 0.3) is 0 Å². The first-order chi connectivity index (χ1) is 8.99. The fourth-order valence-electron chi connectivity index (χ4n) is 2.34. The van der Waals surface area contributed by atoms with Crippen molar-refractivity contribution in [2.45, 2.75) is 52.5 Å². The van der Waals surface area contributed by atoms with Crippen LogP contribution < -0.4 is 0 Å². The van der Waals surface area contributed by atoms with Gasteiger partial charge in [-0.15, -0.1) is 0 Å². The molecule has 1 fully saturated rings. The molecule has 0 aliphatic carbocycles. The molecule has 1 heterocycles. The van der Waals surface area contributed by atoms with Crippen LogP contribution in [0.3, 0.4) is 0 Å². The smallest absolute Gasteiger partial charge is 0.320 e. The molecule has 1 rings (SSSR count). The summed E-state index contributed by atoms with van der Waals surface area (Å²) in [5, 5.41) is 8.71. The van der Waals surface area contributed by atoms with Crippen molar-refractivity contribution in [1.82, 2.24) is 9.80 Å². The highest BCUT2D eigenvalue weighted by molar-refractivity contribution is 5.76. The number of unbranched alkanes of at least 4 members (excludes halogenated alkanes) is 1. The molecule has 1 aliphatic heterocycles. The van der Waals surface area contributed by atoms with Crippen LogP contribution in [0.15, 0.2) is 0 Å². The molecule has 1 saturated heterocycles. The van der Waals surface area contributed by atoms with Crippen LogP contribution in [0.2, 0.25) is 0 Å². The highest BCUT2D eigenvalue weighted by atomic mass is 16.4. The van der Waals surface area contributed by atoms with Crippen molar-refractivity contribution in [1.29, 1.82) is 0 Å². The molecule has 5 nitrogen and oxygen atoms in total. The molecule has 0 saturated carbocycles. The summed E-state index contributed by atoms with van der Waals surface area (Å²) in [4.78, 5) is 26.7. The second-order valence-electron chi connectivity index (χ2n) is 5.46. The molecule has 0 bridgehead atoms. The summed E-state index contributed by atoms with van der Waals surface area (Å²) in [6, 6.07) is 0.321.